The number of allylic oxidation sites excluding steroid dienone is 1. The summed E-state index contributed by atoms with van der Waals surface area (Å²) in [6.07, 6.45) is 5.05. The fourth-order valence-corrected chi connectivity index (χ4v) is 4.18. The zero-order valence-corrected chi connectivity index (χ0v) is 18.8. The van der Waals surface area contributed by atoms with Crippen LogP contribution in [0.3, 0.4) is 0 Å². The number of carbonyl (C=O) groups excluding carboxylic acids is 1. The zero-order valence-electron chi connectivity index (χ0n) is 16.2. The summed E-state index contributed by atoms with van der Waals surface area (Å²) in [6, 6.07) is 5.55. The smallest absolute Gasteiger partial charge is 0.330 e. The molecular formula is C18H40O3Si2. The molecule has 0 aromatic rings. The van der Waals surface area contributed by atoms with Crippen LogP contribution in [0.2, 0.25) is 24.2 Å². The normalized spacial score (nSPS) is 9.65. The van der Waals surface area contributed by atoms with Crippen LogP contribution in [-0.2, 0) is 14.0 Å². The third-order valence-electron chi connectivity index (χ3n) is 3.32. The van der Waals surface area contributed by atoms with Gasteiger partial charge in [-0.1, -0.05) is 58.5 Å². The molecule has 0 radical (unpaired) electrons. The van der Waals surface area contributed by atoms with E-state index in [1.54, 1.807) is 0 Å². The predicted octanol–water partition coefficient (Wildman–Crippen LogP) is 4.50. The summed E-state index contributed by atoms with van der Waals surface area (Å²) >= 11 is 0. The van der Waals surface area contributed by atoms with Gasteiger partial charge in [-0.15, -0.1) is 6.58 Å². The molecule has 138 valence electrons. The molecule has 5 heteroatoms. The van der Waals surface area contributed by atoms with E-state index in [4.69, 9.17) is 9.16 Å². The van der Waals surface area contributed by atoms with Crippen molar-refractivity contribution in [1.82, 2.24) is 0 Å². The van der Waals surface area contributed by atoms with Crippen LogP contribution >= 0.6 is 0 Å². The Balaban J connectivity index is -0.000000307. The van der Waals surface area contributed by atoms with Gasteiger partial charge in [-0.2, -0.15) is 0 Å². The third-order valence-corrected chi connectivity index (χ3v) is 8.27. The lowest BCUT2D eigenvalue weighted by atomic mass is 10.5. The molecule has 0 amide bonds. The van der Waals surface area contributed by atoms with Gasteiger partial charge in [0.1, 0.15) is 0 Å². The molecule has 0 aliphatic carbocycles. The zero-order chi connectivity index (χ0) is 18.3. The molecule has 3 nitrogen and oxygen atoms in total. The van der Waals surface area contributed by atoms with E-state index in [2.05, 4.69) is 40.9 Å². The van der Waals surface area contributed by atoms with Gasteiger partial charge in [0.2, 0.25) is 0 Å². The number of esters is 1. The van der Waals surface area contributed by atoms with Gasteiger partial charge in [0, 0.05) is 21.5 Å². The average Bonchev–Trinajstić information content (AvgIpc) is 2.60. The first-order valence-electron chi connectivity index (χ1n) is 9.05. The Morgan fingerprint density at radius 2 is 1.61 bits per heavy atom. The first-order valence-corrected chi connectivity index (χ1v) is 13.1. The molecule has 0 spiro atoms. The molecule has 0 unspecified atom stereocenters. The summed E-state index contributed by atoms with van der Waals surface area (Å²) < 4.78 is 10.0. The van der Waals surface area contributed by atoms with Gasteiger partial charge in [0.15, 0.2) is 9.76 Å². The van der Waals surface area contributed by atoms with Crippen LogP contribution < -0.4 is 0 Å². The topological polar surface area (TPSA) is 35.5 Å². The maximum Gasteiger partial charge on any atom is 0.330 e. The molecule has 0 aliphatic heterocycles. The average molecular weight is 361 g/mol. The lowest BCUT2D eigenvalue weighted by molar-refractivity contribution is -0.137. The van der Waals surface area contributed by atoms with Crippen LogP contribution in [-0.4, -0.2) is 37.7 Å². The van der Waals surface area contributed by atoms with Gasteiger partial charge in [-0.3, -0.25) is 0 Å². The molecule has 0 saturated heterocycles. The number of hydrogen-bond donors (Lipinski definition) is 0. The minimum atomic E-state index is -0.357. The first-order chi connectivity index (χ1) is 11.1. The lowest BCUT2D eigenvalue weighted by Crippen LogP contribution is -2.04. The van der Waals surface area contributed by atoms with Crippen LogP contribution in [0, 0.1) is 0 Å². The molecule has 0 aliphatic rings. The molecule has 0 N–H and O–H groups in total. The number of carbonyl (C=O) groups is 1. The second-order valence-corrected chi connectivity index (χ2v) is 10.8. The van der Waals surface area contributed by atoms with Crippen molar-refractivity contribution in [2.45, 2.75) is 71.6 Å². The Bertz CT molecular complexity index is 249. The van der Waals surface area contributed by atoms with Crippen LogP contribution in [0.15, 0.2) is 25.3 Å². The number of ether oxygens (including phenoxy) is 1. The van der Waals surface area contributed by atoms with E-state index in [1.807, 2.05) is 13.0 Å². The number of hydrogen-bond acceptors (Lipinski definition) is 3. The maximum absolute atomic E-state index is 10.5. The Hall–Kier alpha value is -0.656. The highest BCUT2D eigenvalue weighted by Gasteiger charge is 1.98. The molecule has 0 aromatic carbocycles. The van der Waals surface area contributed by atoms with Gasteiger partial charge in [-0.25, -0.2) is 4.79 Å². The second kappa shape index (κ2) is 26.3. The molecule has 23 heavy (non-hydrogen) atoms. The molecule has 0 fully saturated rings. The van der Waals surface area contributed by atoms with Gasteiger partial charge in [0.25, 0.3) is 0 Å². The summed E-state index contributed by atoms with van der Waals surface area (Å²) in [5, 5.41) is 0. The van der Waals surface area contributed by atoms with E-state index >= 15 is 0 Å². The van der Waals surface area contributed by atoms with Crippen molar-refractivity contribution >= 4 is 24.5 Å². The van der Waals surface area contributed by atoms with Crippen molar-refractivity contribution in [3.63, 3.8) is 0 Å². The molecule has 0 heterocycles. The van der Waals surface area contributed by atoms with Crippen LogP contribution in [0.4, 0.5) is 0 Å². The van der Waals surface area contributed by atoms with E-state index in [0.29, 0.717) is 6.61 Å². The Kier molecular flexibility index (Phi) is 31.0. The van der Waals surface area contributed by atoms with Crippen molar-refractivity contribution in [3.8, 4) is 0 Å². The summed E-state index contributed by atoms with van der Waals surface area (Å²) in [4.78, 5) is 10.5. The largest absolute Gasteiger partial charge is 0.463 e. The quantitative estimate of drug-likeness (QED) is 0.179. The van der Waals surface area contributed by atoms with E-state index in [-0.39, 0.29) is 24.5 Å². The van der Waals surface area contributed by atoms with Crippen molar-refractivity contribution in [1.29, 1.82) is 0 Å². The Labute approximate surface area is 149 Å². The molecule has 0 bridgehead atoms. The molecular weight excluding hydrogens is 320 g/mol. The molecule has 0 atom stereocenters. The predicted molar refractivity (Wildman–Crippen MR) is 110 cm³/mol. The Morgan fingerprint density at radius 3 is 1.91 bits per heavy atom. The summed E-state index contributed by atoms with van der Waals surface area (Å²) in [5.74, 6) is -0.340. The van der Waals surface area contributed by atoms with E-state index in [1.165, 1.54) is 24.2 Å². The summed E-state index contributed by atoms with van der Waals surface area (Å²) in [6.45, 7) is 19.1. The van der Waals surface area contributed by atoms with E-state index in [9.17, 15) is 4.79 Å². The van der Waals surface area contributed by atoms with Gasteiger partial charge in [-0.05, 0) is 25.8 Å². The van der Waals surface area contributed by atoms with E-state index in [0.717, 1.165) is 25.5 Å². The standard InChI is InChI=1S/C8H16O3Si.C6H16Si.C4H8/c1-3-8(9)10-6-5-7-12-11-4-2;1-4-7(5-2)6-3;1-3-4-2/h3H,1,4-7,12H2,2H3;7H,4-6H2,1-3H3;3H,1,4H2,2H3. The van der Waals surface area contributed by atoms with Crippen molar-refractivity contribution in [2.75, 3.05) is 13.2 Å². The highest BCUT2D eigenvalue weighted by Crippen LogP contribution is 2.01. The van der Waals surface area contributed by atoms with Gasteiger partial charge >= 0.3 is 5.97 Å². The molecule has 0 aromatic heterocycles. The van der Waals surface area contributed by atoms with Gasteiger partial charge < -0.3 is 9.16 Å². The van der Waals surface area contributed by atoms with Crippen molar-refractivity contribution in [3.05, 3.63) is 25.3 Å². The van der Waals surface area contributed by atoms with Crippen molar-refractivity contribution < 1.29 is 14.0 Å². The maximum atomic E-state index is 10.5. The fraction of sp³-hybridized carbons (Fsp3) is 0.722. The van der Waals surface area contributed by atoms with E-state index < -0.39 is 0 Å². The lowest BCUT2D eigenvalue weighted by Gasteiger charge is -2.03. The Morgan fingerprint density at radius 1 is 1.09 bits per heavy atom. The highest BCUT2D eigenvalue weighted by atomic mass is 28.3. The first kappa shape index (κ1) is 27.2. The number of rotatable bonds is 11. The molecule has 0 saturated carbocycles. The van der Waals surface area contributed by atoms with Crippen molar-refractivity contribution in [2.24, 2.45) is 0 Å². The summed E-state index contributed by atoms with van der Waals surface area (Å²) in [5.41, 5.74) is 0. The van der Waals surface area contributed by atoms with Crippen LogP contribution in [0.5, 0.6) is 0 Å². The SMILES string of the molecule is C=CC(=O)OCCC[SiH2]OCC.C=CCC.CC[SiH](CC)CC. The van der Waals surface area contributed by atoms with Crippen LogP contribution in [0.25, 0.3) is 0 Å². The fourth-order valence-electron chi connectivity index (χ4n) is 1.55. The third kappa shape index (κ3) is 29.9. The minimum absolute atomic E-state index is 0.171. The minimum Gasteiger partial charge on any atom is -0.463 e. The van der Waals surface area contributed by atoms with Gasteiger partial charge in [0.05, 0.1) is 6.61 Å². The monoisotopic (exact) mass is 360 g/mol. The highest BCUT2D eigenvalue weighted by molar-refractivity contribution is 6.58. The second-order valence-electron chi connectivity index (χ2n) is 5.06. The van der Waals surface area contributed by atoms with Crippen LogP contribution in [0.1, 0.15) is 47.5 Å². The molecule has 0 rings (SSSR count). The summed E-state index contributed by atoms with van der Waals surface area (Å²) in [7, 11) is -0.528.